The van der Waals surface area contributed by atoms with Gasteiger partial charge < -0.3 is 15.8 Å². The molecule has 100 valence electrons. The molecule has 1 fully saturated rings. The van der Waals surface area contributed by atoms with Gasteiger partial charge in [-0.15, -0.1) is 11.3 Å². The first kappa shape index (κ1) is 13.4. The summed E-state index contributed by atoms with van der Waals surface area (Å²) in [6.07, 6.45) is 1.90. The van der Waals surface area contributed by atoms with Crippen LogP contribution in [0.4, 0.5) is 10.7 Å². The van der Waals surface area contributed by atoms with Gasteiger partial charge >= 0.3 is 0 Å². The molecule has 0 amide bonds. The molecule has 2 heterocycles. The Morgan fingerprint density at radius 2 is 2.44 bits per heavy atom. The molecule has 2 unspecified atom stereocenters. The first-order valence-electron chi connectivity index (χ1n) is 6.39. The molecule has 2 rings (SSSR count). The maximum absolute atomic E-state index is 11.6. The molecule has 0 aliphatic carbocycles. The number of thiophene rings is 1. The van der Waals surface area contributed by atoms with Crippen LogP contribution in [0.5, 0.6) is 0 Å². The molecule has 18 heavy (non-hydrogen) atoms. The monoisotopic (exact) mass is 268 g/mol. The van der Waals surface area contributed by atoms with Gasteiger partial charge in [0.05, 0.1) is 21.7 Å². The van der Waals surface area contributed by atoms with E-state index in [0.29, 0.717) is 29.0 Å². The molecule has 1 aromatic rings. The number of carbonyl (C=O) groups excluding carboxylic acids is 1. The molecular formula is C13H20N2O2S. The van der Waals surface area contributed by atoms with Crippen molar-refractivity contribution in [2.45, 2.75) is 32.8 Å². The van der Waals surface area contributed by atoms with Crippen molar-refractivity contribution in [1.29, 1.82) is 0 Å². The summed E-state index contributed by atoms with van der Waals surface area (Å²) in [6.45, 7) is 5.68. The van der Waals surface area contributed by atoms with Crippen LogP contribution in [0.3, 0.4) is 0 Å². The number of hydrogen-bond acceptors (Lipinski definition) is 5. The third kappa shape index (κ3) is 2.84. The predicted octanol–water partition coefficient (Wildman–Crippen LogP) is 2.76. The van der Waals surface area contributed by atoms with E-state index in [1.807, 2.05) is 13.0 Å². The topological polar surface area (TPSA) is 64.3 Å². The van der Waals surface area contributed by atoms with Crippen molar-refractivity contribution in [3.63, 3.8) is 0 Å². The number of carbonyl (C=O) groups is 1. The van der Waals surface area contributed by atoms with Crippen LogP contribution in [-0.4, -0.2) is 25.0 Å². The first-order valence-corrected chi connectivity index (χ1v) is 7.21. The van der Waals surface area contributed by atoms with Crippen molar-refractivity contribution < 1.29 is 9.53 Å². The van der Waals surface area contributed by atoms with Gasteiger partial charge in [-0.1, -0.05) is 6.92 Å². The quantitative estimate of drug-likeness (QED) is 0.806. The Hall–Kier alpha value is -1.07. The van der Waals surface area contributed by atoms with Crippen LogP contribution in [0.1, 0.15) is 36.4 Å². The van der Waals surface area contributed by atoms with Gasteiger partial charge in [-0.3, -0.25) is 4.79 Å². The first-order chi connectivity index (χ1) is 8.61. The highest BCUT2D eigenvalue weighted by Crippen LogP contribution is 2.31. The van der Waals surface area contributed by atoms with E-state index in [0.717, 1.165) is 24.6 Å². The van der Waals surface area contributed by atoms with Crippen molar-refractivity contribution in [2.24, 2.45) is 5.92 Å². The van der Waals surface area contributed by atoms with Gasteiger partial charge in [0, 0.05) is 25.5 Å². The van der Waals surface area contributed by atoms with E-state index < -0.39 is 0 Å². The third-order valence-electron chi connectivity index (χ3n) is 3.41. The lowest BCUT2D eigenvalue weighted by atomic mass is 10.0. The Balaban J connectivity index is 1.95. The predicted molar refractivity (Wildman–Crippen MR) is 75.4 cm³/mol. The van der Waals surface area contributed by atoms with Crippen LogP contribution >= 0.6 is 11.3 Å². The fourth-order valence-corrected chi connectivity index (χ4v) is 3.14. The van der Waals surface area contributed by atoms with Crippen LogP contribution in [0, 0.1) is 5.92 Å². The van der Waals surface area contributed by atoms with E-state index in [2.05, 4.69) is 12.2 Å². The number of hydrogen-bond donors (Lipinski definition) is 2. The Morgan fingerprint density at radius 1 is 1.67 bits per heavy atom. The molecule has 2 atom stereocenters. The zero-order valence-corrected chi connectivity index (χ0v) is 11.7. The van der Waals surface area contributed by atoms with E-state index in [1.165, 1.54) is 11.3 Å². The SMILES string of the molecule is CCC(=O)c1sc(NCC2CCOC2C)cc1N. The van der Waals surface area contributed by atoms with Crippen molar-refractivity contribution in [1.82, 2.24) is 0 Å². The molecule has 0 spiro atoms. The standard InChI is InChI=1S/C13H20N2O2S/c1-3-11(16)13-10(14)6-12(18-13)15-7-9-4-5-17-8(9)2/h6,8-9,15H,3-5,7,14H2,1-2H3. The van der Waals surface area contributed by atoms with Crippen LogP contribution in [0.2, 0.25) is 0 Å². The summed E-state index contributed by atoms with van der Waals surface area (Å²) in [7, 11) is 0. The average molecular weight is 268 g/mol. The summed E-state index contributed by atoms with van der Waals surface area (Å²) < 4.78 is 5.52. The van der Waals surface area contributed by atoms with Gasteiger partial charge in [0.2, 0.25) is 0 Å². The molecule has 0 bridgehead atoms. The van der Waals surface area contributed by atoms with E-state index in [-0.39, 0.29) is 5.78 Å². The minimum atomic E-state index is 0.114. The summed E-state index contributed by atoms with van der Waals surface area (Å²) in [5.74, 6) is 0.654. The van der Waals surface area contributed by atoms with E-state index in [4.69, 9.17) is 10.5 Å². The van der Waals surface area contributed by atoms with Crippen LogP contribution in [0.15, 0.2) is 6.07 Å². The van der Waals surface area contributed by atoms with Gasteiger partial charge in [-0.05, 0) is 19.4 Å². The van der Waals surface area contributed by atoms with Crippen molar-refractivity contribution in [3.05, 3.63) is 10.9 Å². The second-order valence-electron chi connectivity index (χ2n) is 4.68. The second-order valence-corrected chi connectivity index (χ2v) is 5.73. The van der Waals surface area contributed by atoms with Crippen LogP contribution in [-0.2, 0) is 4.74 Å². The number of rotatable bonds is 5. The minimum absolute atomic E-state index is 0.114. The van der Waals surface area contributed by atoms with Crippen molar-refractivity contribution in [2.75, 3.05) is 24.2 Å². The number of Topliss-reactive ketones (excluding diaryl/α,β-unsaturated/α-hetero) is 1. The lowest BCUT2D eigenvalue weighted by Crippen LogP contribution is -2.20. The Morgan fingerprint density at radius 3 is 3.06 bits per heavy atom. The number of nitrogens with one attached hydrogen (secondary N) is 1. The molecular weight excluding hydrogens is 248 g/mol. The number of anilines is 2. The molecule has 1 aromatic heterocycles. The normalized spacial score (nSPS) is 23.2. The van der Waals surface area contributed by atoms with E-state index >= 15 is 0 Å². The molecule has 1 saturated heterocycles. The van der Waals surface area contributed by atoms with E-state index in [9.17, 15) is 4.79 Å². The third-order valence-corrected chi connectivity index (χ3v) is 4.56. The van der Waals surface area contributed by atoms with Crippen molar-refractivity contribution >= 4 is 27.8 Å². The van der Waals surface area contributed by atoms with Crippen molar-refractivity contribution in [3.8, 4) is 0 Å². The fraction of sp³-hybridized carbons (Fsp3) is 0.615. The van der Waals surface area contributed by atoms with E-state index in [1.54, 1.807) is 0 Å². The highest BCUT2D eigenvalue weighted by atomic mass is 32.1. The highest BCUT2D eigenvalue weighted by Gasteiger charge is 2.24. The zero-order chi connectivity index (χ0) is 13.1. The molecule has 1 aliphatic rings. The maximum Gasteiger partial charge on any atom is 0.174 e. The summed E-state index contributed by atoms with van der Waals surface area (Å²) >= 11 is 1.45. The van der Waals surface area contributed by atoms with Gasteiger partial charge in [0.25, 0.3) is 0 Å². The number of nitrogen functional groups attached to an aromatic ring is 1. The van der Waals surface area contributed by atoms with Crippen LogP contribution in [0.25, 0.3) is 0 Å². The lowest BCUT2D eigenvalue weighted by molar-refractivity contribution is 0.0992. The average Bonchev–Trinajstić information content (AvgIpc) is 2.92. The number of ketones is 1. The largest absolute Gasteiger partial charge is 0.397 e. The second kappa shape index (κ2) is 5.71. The Kier molecular flexibility index (Phi) is 4.24. The van der Waals surface area contributed by atoms with Crippen LogP contribution < -0.4 is 11.1 Å². The highest BCUT2D eigenvalue weighted by molar-refractivity contribution is 7.18. The number of ether oxygens (including phenoxy) is 1. The Labute approximate surface area is 112 Å². The lowest BCUT2D eigenvalue weighted by Gasteiger charge is -2.14. The van der Waals surface area contributed by atoms with Gasteiger partial charge in [0.15, 0.2) is 5.78 Å². The number of nitrogens with two attached hydrogens (primary N) is 1. The molecule has 1 aliphatic heterocycles. The van der Waals surface area contributed by atoms with Gasteiger partial charge in [-0.2, -0.15) is 0 Å². The fourth-order valence-electron chi connectivity index (χ4n) is 2.15. The van der Waals surface area contributed by atoms with Gasteiger partial charge in [0.1, 0.15) is 0 Å². The molecule has 4 nitrogen and oxygen atoms in total. The summed E-state index contributed by atoms with van der Waals surface area (Å²) in [5.41, 5.74) is 6.44. The molecule has 5 heteroatoms. The van der Waals surface area contributed by atoms with Gasteiger partial charge in [-0.25, -0.2) is 0 Å². The molecule has 0 radical (unpaired) electrons. The summed E-state index contributed by atoms with van der Waals surface area (Å²) in [5, 5.41) is 4.34. The zero-order valence-electron chi connectivity index (χ0n) is 10.9. The molecule has 3 N–H and O–H groups in total. The smallest absolute Gasteiger partial charge is 0.174 e. The Bertz CT molecular complexity index is 431. The molecule has 0 aromatic carbocycles. The summed E-state index contributed by atoms with van der Waals surface area (Å²) in [4.78, 5) is 12.3. The maximum atomic E-state index is 11.6. The summed E-state index contributed by atoms with van der Waals surface area (Å²) in [6, 6.07) is 1.86. The molecule has 0 saturated carbocycles. The minimum Gasteiger partial charge on any atom is -0.397 e.